The van der Waals surface area contributed by atoms with Crippen molar-refractivity contribution in [2.24, 2.45) is 0 Å². The second-order valence-corrected chi connectivity index (χ2v) is 9.89. The third-order valence-corrected chi connectivity index (χ3v) is 7.50. The number of nitrogens with zero attached hydrogens (tertiary/aromatic N) is 2. The quantitative estimate of drug-likeness (QED) is 0.182. The van der Waals surface area contributed by atoms with Gasteiger partial charge in [-0.2, -0.15) is 0 Å². The highest BCUT2D eigenvalue weighted by atomic mass is 16.5. The number of Topliss-reactive ketones (excluding diaryl/α,β-unsaturated/α-hetero) is 1. The van der Waals surface area contributed by atoms with Crippen LogP contribution in [0.2, 0.25) is 0 Å². The summed E-state index contributed by atoms with van der Waals surface area (Å²) in [7, 11) is 3.08. The van der Waals surface area contributed by atoms with Crippen molar-refractivity contribution in [3.63, 3.8) is 0 Å². The number of carbonyl (C=O) groups is 2. The molecule has 1 unspecified atom stereocenters. The zero-order valence-electron chi connectivity index (χ0n) is 24.3. The lowest BCUT2D eigenvalue weighted by atomic mass is 9.94. The van der Waals surface area contributed by atoms with Crippen molar-refractivity contribution >= 4 is 17.4 Å². The molecule has 0 radical (unpaired) electrons. The molecule has 4 rings (SSSR count). The number of amides is 1. The molecule has 216 valence electrons. The van der Waals surface area contributed by atoms with E-state index in [-0.39, 0.29) is 11.3 Å². The molecule has 0 spiro atoms. The first-order chi connectivity index (χ1) is 19.8. The SMILES string of the molecule is CCN(CC)CCN1C(=O)C(=O)/C(=C(\O)c2ccc(OCc3ccccc3)c(C)c2)C1c1ccc(OC)c(OC)c1. The molecular formula is C33H38N2O6. The number of hydrogen-bond donors (Lipinski definition) is 1. The molecule has 1 fully saturated rings. The van der Waals surface area contributed by atoms with Gasteiger partial charge in [0.1, 0.15) is 18.1 Å². The van der Waals surface area contributed by atoms with Gasteiger partial charge in [0, 0.05) is 18.7 Å². The zero-order valence-corrected chi connectivity index (χ0v) is 24.3. The molecule has 1 saturated heterocycles. The number of aliphatic hydroxyl groups excluding tert-OH is 1. The standard InChI is InChI=1S/C33H38N2O6/c1-6-34(7-2)17-18-35-30(24-13-16-27(39-4)28(20-24)40-5)29(32(37)33(35)38)31(36)25-14-15-26(22(3)19-25)41-21-23-11-9-8-10-12-23/h8-16,19-20,30,36H,6-7,17-18,21H2,1-5H3/b31-29-. The van der Waals surface area contributed by atoms with Crippen LogP contribution in [-0.2, 0) is 16.2 Å². The number of rotatable bonds is 12. The number of hydrogen-bond acceptors (Lipinski definition) is 7. The van der Waals surface area contributed by atoms with Crippen molar-refractivity contribution in [1.82, 2.24) is 9.80 Å². The van der Waals surface area contributed by atoms with Crippen LogP contribution in [0.4, 0.5) is 0 Å². The van der Waals surface area contributed by atoms with E-state index < -0.39 is 17.7 Å². The van der Waals surface area contributed by atoms with E-state index in [0.29, 0.717) is 48.1 Å². The highest BCUT2D eigenvalue weighted by molar-refractivity contribution is 6.46. The van der Waals surface area contributed by atoms with E-state index >= 15 is 0 Å². The first kappa shape index (κ1) is 29.7. The maximum absolute atomic E-state index is 13.5. The molecule has 0 bridgehead atoms. The van der Waals surface area contributed by atoms with Gasteiger partial charge in [0.15, 0.2) is 11.5 Å². The van der Waals surface area contributed by atoms with Gasteiger partial charge in [-0.05, 0) is 67.0 Å². The molecule has 1 heterocycles. The number of ketones is 1. The topological polar surface area (TPSA) is 88.5 Å². The molecular weight excluding hydrogens is 520 g/mol. The highest BCUT2D eigenvalue weighted by Crippen LogP contribution is 2.42. The largest absolute Gasteiger partial charge is 0.507 e. The van der Waals surface area contributed by atoms with Crippen LogP contribution in [0.25, 0.3) is 5.76 Å². The number of carbonyl (C=O) groups excluding carboxylic acids is 2. The molecule has 0 aromatic heterocycles. The van der Waals surface area contributed by atoms with Crippen LogP contribution in [0.3, 0.4) is 0 Å². The normalized spacial score (nSPS) is 16.3. The average Bonchev–Trinajstić information content (AvgIpc) is 3.25. The minimum atomic E-state index is -0.792. The number of aryl methyl sites for hydroxylation is 1. The third-order valence-electron chi connectivity index (χ3n) is 7.50. The van der Waals surface area contributed by atoms with Crippen LogP contribution in [0.5, 0.6) is 17.2 Å². The Labute approximate surface area is 241 Å². The predicted molar refractivity (Wildman–Crippen MR) is 158 cm³/mol. The lowest BCUT2D eigenvalue weighted by Gasteiger charge is -2.28. The first-order valence-electron chi connectivity index (χ1n) is 13.8. The Morgan fingerprint density at radius 2 is 1.59 bits per heavy atom. The molecule has 1 atom stereocenters. The fourth-order valence-corrected chi connectivity index (χ4v) is 5.12. The molecule has 0 saturated carbocycles. The fourth-order valence-electron chi connectivity index (χ4n) is 5.12. The molecule has 3 aromatic rings. The van der Waals surface area contributed by atoms with Crippen LogP contribution in [0.15, 0.2) is 72.3 Å². The molecule has 8 heteroatoms. The number of ether oxygens (including phenoxy) is 3. The summed E-state index contributed by atoms with van der Waals surface area (Å²) in [5.41, 5.74) is 2.95. The van der Waals surface area contributed by atoms with Crippen LogP contribution >= 0.6 is 0 Å². The Morgan fingerprint density at radius 3 is 2.22 bits per heavy atom. The van der Waals surface area contributed by atoms with Gasteiger partial charge in [0.05, 0.1) is 25.8 Å². The van der Waals surface area contributed by atoms with Gasteiger partial charge in [-0.3, -0.25) is 9.59 Å². The van der Waals surface area contributed by atoms with E-state index in [4.69, 9.17) is 14.2 Å². The maximum atomic E-state index is 13.5. The average molecular weight is 559 g/mol. The van der Waals surface area contributed by atoms with E-state index in [9.17, 15) is 14.7 Å². The van der Waals surface area contributed by atoms with Crippen LogP contribution in [0, 0.1) is 6.92 Å². The summed E-state index contributed by atoms with van der Waals surface area (Å²) in [6.07, 6.45) is 0. The van der Waals surface area contributed by atoms with Crippen molar-refractivity contribution in [1.29, 1.82) is 0 Å². The lowest BCUT2D eigenvalue weighted by molar-refractivity contribution is -0.140. The van der Waals surface area contributed by atoms with Gasteiger partial charge < -0.3 is 29.1 Å². The summed E-state index contributed by atoms with van der Waals surface area (Å²) in [6, 6.07) is 19.6. The van der Waals surface area contributed by atoms with Gasteiger partial charge in [-0.25, -0.2) is 0 Å². The van der Waals surface area contributed by atoms with Gasteiger partial charge in [-0.15, -0.1) is 0 Å². The molecule has 1 amide bonds. The summed E-state index contributed by atoms with van der Waals surface area (Å²) in [5, 5.41) is 11.6. The third kappa shape index (κ3) is 6.38. The van der Waals surface area contributed by atoms with Crippen LogP contribution < -0.4 is 14.2 Å². The molecule has 8 nitrogen and oxygen atoms in total. The summed E-state index contributed by atoms with van der Waals surface area (Å²) in [5.74, 6) is 0.0720. The summed E-state index contributed by atoms with van der Waals surface area (Å²) in [4.78, 5) is 30.6. The van der Waals surface area contributed by atoms with Crippen molar-refractivity contribution < 1.29 is 28.9 Å². The molecule has 1 N–H and O–H groups in total. The molecule has 41 heavy (non-hydrogen) atoms. The van der Waals surface area contributed by atoms with Crippen molar-refractivity contribution in [2.45, 2.75) is 33.4 Å². The highest BCUT2D eigenvalue weighted by Gasteiger charge is 2.46. The smallest absolute Gasteiger partial charge is 0.295 e. The molecule has 1 aliphatic heterocycles. The van der Waals surface area contributed by atoms with Crippen molar-refractivity contribution in [3.05, 3.63) is 94.6 Å². The first-order valence-corrected chi connectivity index (χ1v) is 13.8. The summed E-state index contributed by atoms with van der Waals surface area (Å²) >= 11 is 0. The second kappa shape index (κ2) is 13.4. The lowest BCUT2D eigenvalue weighted by Crippen LogP contribution is -2.38. The Balaban J connectivity index is 1.73. The van der Waals surface area contributed by atoms with E-state index in [2.05, 4.69) is 18.7 Å². The second-order valence-electron chi connectivity index (χ2n) is 9.89. The van der Waals surface area contributed by atoms with E-state index in [0.717, 1.165) is 24.2 Å². The van der Waals surface area contributed by atoms with Crippen LogP contribution in [0.1, 0.15) is 42.1 Å². The predicted octanol–water partition coefficient (Wildman–Crippen LogP) is 5.35. The van der Waals surface area contributed by atoms with Gasteiger partial charge >= 0.3 is 0 Å². The Hall–Kier alpha value is -4.30. The monoisotopic (exact) mass is 558 g/mol. The van der Waals surface area contributed by atoms with E-state index in [1.807, 2.05) is 37.3 Å². The minimum Gasteiger partial charge on any atom is -0.507 e. The van der Waals surface area contributed by atoms with Gasteiger partial charge in [-0.1, -0.05) is 50.2 Å². The maximum Gasteiger partial charge on any atom is 0.295 e. The Bertz CT molecular complexity index is 1410. The molecule has 0 aliphatic carbocycles. The zero-order chi connectivity index (χ0) is 29.5. The number of benzene rings is 3. The van der Waals surface area contributed by atoms with Gasteiger partial charge in [0.25, 0.3) is 11.7 Å². The number of methoxy groups -OCH3 is 2. The summed E-state index contributed by atoms with van der Waals surface area (Å²) < 4.78 is 16.9. The Kier molecular flexibility index (Phi) is 9.68. The number of likely N-dealkylation sites (tertiary alicyclic amines) is 1. The Morgan fingerprint density at radius 1 is 0.902 bits per heavy atom. The molecule has 3 aromatic carbocycles. The molecule has 1 aliphatic rings. The van der Waals surface area contributed by atoms with E-state index in [1.165, 1.54) is 12.0 Å². The van der Waals surface area contributed by atoms with E-state index in [1.54, 1.807) is 43.5 Å². The summed E-state index contributed by atoms with van der Waals surface area (Å²) in [6.45, 7) is 8.95. The van der Waals surface area contributed by atoms with Crippen molar-refractivity contribution in [3.8, 4) is 17.2 Å². The van der Waals surface area contributed by atoms with Crippen molar-refractivity contribution in [2.75, 3.05) is 40.4 Å². The number of aliphatic hydroxyl groups is 1. The van der Waals surface area contributed by atoms with Crippen LogP contribution in [-0.4, -0.2) is 67.0 Å². The number of likely N-dealkylation sites (N-methyl/N-ethyl adjacent to an activating group) is 1. The minimum absolute atomic E-state index is 0.0409. The fraction of sp³-hybridized carbons (Fsp3) is 0.333. The van der Waals surface area contributed by atoms with Gasteiger partial charge in [0.2, 0.25) is 0 Å².